The molecule has 112 valence electrons. The minimum atomic E-state index is -3.23. The van der Waals surface area contributed by atoms with Crippen LogP contribution in [-0.2, 0) is 10.0 Å². The van der Waals surface area contributed by atoms with E-state index in [-0.39, 0.29) is 18.5 Å². The van der Waals surface area contributed by atoms with Crippen LogP contribution in [0.4, 0.5) is 0 Å². The number of nitrogens with zero attached hydrogens (tertiary/aromatic N) is 2. The van der Waals surface area contributed by atoms with Crippen molar-refractivity contribution in [2.24, 2.45) is 0 Å². The molecule has 1 amide bonds. The lowest BCUT2D eigenvalue weighted by atomic mass is 10.0. The van der Waals surface area contributed by atoms with Gasteiger partial charge in [-0.2, -0.15) is 4.37 Å². The second-order valence-corrected chi connectivity index (χ2v) is 7.54. The highest BCUT2D eigenvalue weighted by Crippen LogP contribution is 2.21. The Morgan fingerprint density at radius 2 is 2.30 bits per heavy atom. The number of carbonyl (C=O) groups is 1. The van der Waals surface area contributed by atoms with E-state index in [0.29, 0.717) is 12.1 Å². The van der Waals surface area contributed by atoms with Crippen LogP contribution in [-0.4, -0.2) is 49.0 Å². The van der Waals surface area contributed by atoms with Crippen molar-refractivity contribution >= 4 is 27.5 Å². The van der Waals surface area contributed by atoms with Crippen LogP contribution in [0.25, 0.3) is 0 Å². The molecule has 1 fully saturated rings. The van der Waals surface area contributed by atoms with Crippen LogP contribution in [0.2, 0.25) is 0 Å². The molecular weight excluding hydrogens is 298 g/mol. The van der Waals surface area contributed by atoms with Gasteiger partial charge in [0.15, 0.2) is 0 Å². The summed E-state index contributed by atoms with van der Waals surface area (Å²) in [5, 5.41) is 1.76. The maximum absolute atomic E-state index is 12.5. The Bertz CT molecular complexity index is 583. The molecule has 1 saturated heterocycles. The average molecular weight is 317 g/mol. The minimum absolute atomic E-state index is 0.0451. The monoisotopic (exact) mass is 317 g/mol. The van der Waals surface area contributed by atoms with Crippen molar-refractivity contribution in [2.75, 3.05) is 19.3 Å². The van der Waals surface area contributed by atoms with Crippen molar-refractivity contribution < 1.29 is 13.2 Å². The van der Waals surface area contributed by atoms with E-state index >= 15 is 0 Å². The number of hydrogen-bond acceptors (Lipinski definition) is 5. The normalized spacial score (nSPS) is 20.1. The third kappa shape index (κ3) is 3.77. The highest BCUT2D eigenvalue weighted by atomic mass is 32.2. The first-order valence-corrected chi connectivity index (χ1v) is 9.28. The summed E-state index contributed by atoms with van der Waals surface area (Å²) < 4.78 is 29.0. The molecule has 0 aromatic carbocycles. The minimum Gasteiger partial charge on any atom is -0.334 e. The van der Waals surface area contributed by atoms with E-state index in [1.807, 2.05) is 6.92 Å². The predicted molar refractivity (Wildman–Crippen MR) is 78.4 cm³/mol. The van der Waals surface area contributed by atoms with E-state index in [4.69, 9.17) is 0 Å². The van der Waals surface area contributed by atoms with Crippen LogP contribution in [0.1, 0.15) is 35.3 Å². The zero-order valence-corrected chi connectivity index (χ0v) is 13.3. The second kappa shape index (κ2) is 6.19. The number of carbonyl (C=O) groups excluding carboxylic acids is 1. The summed E-state index contributed by atoms with van der Waals surface area (Å²) in [7, 11) is -3.23. The molecule has 0 bridgehead atoms. The van der Waals surface area contributed by atoms with Crippen molar-refractivity contribution in [3.63, 3.8) is 0 Å². The molecule has 1 aromatic rings. The Labute approximate surface area is 123 Å². The number of rotatable bonds is 4. The van der Waals surface area contributed by atoms with Crippen LogP contribution in [0.15, 0.2) is 5.38 Å². The smallest absolute Gasteiger partial charge is 0.256 e. The zero-order valence-electron chi connectivity index (χ0n) is 11.6. The molecule has 1 aromatic heterocycles. The number of amides is 1. The van der Waals surface area contributed by atoms with Crippen molar-refractivity contribution in [1.82, 2.24) is 14.0 Å². The van der Waals surface area contributed by atoms with Gasteiger partial charge in [0.25, 0.3) is 5.91 Å². The van der Waals surface area contributed by atoms with Gasteiger partial charge in [-0.05, 0) is 37.7 Å². The summed E-state index contributed by atoms with van der Waals surface area (Å²) in [6, 6.07) is -0.0784. The summed E-state index contributed by atoms with van der Waals surface area (Å²) in [6.07, 6.45) is 3.93. The molecule has 1 N–H and O–H groups in total. The zero-order chi connectivity index (χ0) is 14.8. The third-order valence-electron chi connectivity index (χ3n) is 3.45. The molecule has 1 aliphatic heterocycles. The molecule has 6 nitrogen and oxygen atoms in total. The first kappa shape index (κ1) is 15.4. The molecule has 2 rings (SSSR count). The van der Waals surface area contributed by atoms with Gasteiger partial charge in [0.05, 0.1) is 17.5 Å². The van der Waals surface area contributed by atoms with Crippen molar-refractivity contribution in [2.45, 2.75) is 32.2 Å². The third-order valence-corrected chi connectivity index (χ3v) is 4.86. The van der Waals surface area contributed by atoms with Crippen molar-refractivity contribution in [3.8, 4) is 0 Å². The fourth-order valence-electron chi connectivity index (χ4n) is 2.38. The van der Waals surface area contributed by atoms with E-state index in [2.05, 4.69) is 9.10 Å². The largest absolute Gasteiger partial charge is 0.334 e. The molecule has 0 spiro atoms. The number of piperidine rings is 1. The summed E-state index contributed by atoms with van der Waals surface area (Å²) in [5.74, 6) is -0.0451. The number of likely N-dealkylation sites (tertiary alicyclic amines) is 1. The van der Waals surface area contributed by atoms with E-state index in [1.165, 1.54) is 11.5 Å². The van der Waals surface area contributed by atoms with Crippen LogP contribution in [0.3, 0.4) is 0 Å². The molecule has 1 aliphatic rings. The Morgan fingerprint density at radius 1 is 1.55 bits per heavy atom. The molecule has 0 radical (unpaired) electrons. The Kier molecular flexibility index (Phi) is 4.77. The van der Waals surface area contributed by atoms with Crippen LogP contribution in [0.5, 0.6) is 0 Å². The maximum atomic E-state index is 12.5. The lowest BCUT2D eigenvalue weighted by Crippen LogP contribution is -2.49. The molecule has 0 saturated carbocycles. The number of aromatic nitrogens is 1. The molecule has 1 atom stereocenters. The first-order valence-electron chi connectivity index (χ1n) is 6.55. The van der Waals surface area contributed by atoms with Gasteiger partial charge in [0.1, 0.15) is 0 Å². The van der Waals surface area contributed by atoms with Gasteiger partial charge in [-0.1, -0.05) is 0 Å². The van der Waals surface area contributed by atoms with E-state index in [1.54, 1.807) is 10.3 Å². The fourth-order valence-corrected chi connectivity index (χ4v) is 3.56. The molecule has 8 heteroatoms. The summed E-state index contributed by atoms with van der Waals surface area (Å²) in [6.45, 7) is 2.77. The van der Waals surface area contributed by atoms with E-state index < -0.39 is 10.0 Å². The number of aryl methyl sites for hydroxylation is 1. The van der Waals surface area contributed by atoms with Crippen LogP contribution < -0.4 is 4.72 Å². The summed E-state index contributed by atoms with van der Waals surface area (Å²) in [5.41, 5.74) is 1.36. The highest BCUT2D eigenvalue weighted by Gasteiger charge is 2.29. The molecule has 20 heavy (non-hydrogen) atoms. The number of nitrogens with one attached hydrogen (secondary N) is 1. The highest BCUT2D eigenvalue weighted by molar-refractivity contribution is 7.88. The van der Waals surface area contributed by atoms with E-state index in [9.17, 15) is 13.2 Å². The number of hydrogen-bond donors (Lipinski definition) is 1. The van der Waals surface area contributed by atoms with Crippen LogP contribution >= 0.6 is 11.5 Å². The molecule has 0 aliphatic carbocycles. The Morgan fingerprint density at radius 3 is 2.90 bits per heavy atom. The maximum Gasteiger partial charge on any atom is 0.256 e. The lowest BCUT2D eigenvalue weighted by molar-refractivity contribution is 0.0618. The standard InChI is InChI=1S/C12H19N3O3S2/c1-9-11(8-19-14-9)12(16)15-6-4-3-5-10(15)7-13-20(2,17)18/h8,10,13H,3-7H2,1-2H3. The summed E-state index contributed by atoms with van der Waals surface area (Å²) in [4.78, 5) is 14.3. The SMILES string of the molecule is Cc1nscc1C(=O)N1CCCCC1CNS(C)(=O)=O. The Balaban J connectivity index is 2.11. The quantitative estimate of drug-likeness (QED) is 0.898. The lowest BCUT2D eigenvalue weighted by Gasteiger charge is -2.35. The summed E-state index contributed by atoms with van der Waals surface area (Å²) >= 11 is 1.27. The number of sulfonamides is 1. The first-order chi connectivity index (χ1) is 9.38. The van der Waals surface area contributed by atoms with Gasteiger partial charge in [-0.3, -0.25) is 4.79 Å². The van der Waals surface area contributed by atoms with Crippen molar-refractivity contribution in [3.05, 3.63) is 16.6 Å². The fraction of sp³-hybridized carbons (Fsp3) is 0.667. The molecule has 2 heterocycles. The van der Waals surface area contributed by atoms with E-state index in [0.717, 1.165) is 31.2 Å². The average Bonchev–Trinajstić information content (AvgIpc) is 2.81. The molecular formula is C12H19N3O3S2. The topological polar surface area (TPSA) is 79.4 Å². The second-order valence-electron chi connectivity index (χ2n) is 5.08. The Hall–Kier alpha value is -0.990. The predicted octanol–water partition coefficient (Wildman–Crippen LogP) is 0.995. The van der Waals surface area contributed by atoms with Gasteiger partial charge >= 0.3 is 0 Å². The van der Waals surface area contributed by atoms with Gasteiger partial charge in [-0.15, -0.1) is 0 Å². The van der Waals surface area contributed by atoms with Gasteiger partial charge < -0.3 is 4.90 Å². The molecule has 1 unspecified atom stereocenters. The van der Waals surface area contributed by atoms with Gasteiger partial charge in [0, 0.05) is 24.5 Å². The van der Waals surface area contributed by atoms with Crippen molar-refractivity contribution in [1.29, 1.82) is 0 Å². The van der Waals surface area contributed by atoms with Gasteiger partial charge in [0.2, 0.25) is 10.0 Å². The van der Waals surface area contributed by atoms with Crippen LogP contribution in [0, 0.1) is 6.92 Å². The van der Waals surface area contributed by atoms with Gasteiger partial charge in [-0.25, -0.2) is 13.1 Å².